The van der Waals surface area contributed by atoms with Gasteiger partial charge in [-0.15, -0.1) is 0 Å². The van der Waals surface area contributed by atoms with Crippen LogP contribution in [0.15, 0.2) is 16.6 Å². The number of hydrogen-bond acceptors (Lipinski definition) is 3. The number of alkyl halides is 1. The van der Waals surface area contributed by atoms with E-state index in [-0.39, 0.29) is 16.6 Å². The molecular weight excluding hydrogens is 328 g/mol. The van der Waals surface area contributed by atoms with Crippen LogP contribution in [0, 0.1) is 0 Å². The van der Waals surface area contributed by atoms with Crippen LogP contribution in [-0.4, -0.2) is 20.1 Å². The first kappa shape index (κ1) is 8.58. The lowest BCUT2D eigenvalue weighted by atomic mass is 10.1. The second-order valence-electron chi connectivity index (χ2n) is 2.63. The molecule has 82 valence electrons. The maximum absolute atomic E-state index is 11.6. The summed E-state index contributed by atoms with van der Waals surface area (Å²) in [6, 6.07) is 3.08. The molecule has 0 saturated heterocycles. The first-order valence-corrected chi connectivity index (χ1v) is 5.86. The Labute approximate surface area is 109 Å². The molecule has 0 saturated carbocycles. The molecule has 0 bridgehead atoms. The summed E-state index contributed by atoms with van der Waals surface area (Å²) in [5.41, 5.74) is 0.684. The molecule has 1 rings (SSSR count). The second kappa shape index (κ2) is 5.51. The maximum atomic E-state index is 11.6. The quantitative estimate of drug-likeness (QED) is 0.626. The van der Waals surface area contributed by atoms with Gasteiger partial charge in [-0.2, -0.15) is 0 Å². The zero-order chi connectivity index (χ0) is 13.9. The average Bonchev–Trinajstić information content (AvgIpc) is 2.29. The predicted octanol–water partition coefficient (Wildman–Crippen LogP) is 3.14. The van der Waals surface area contributed by atoms with Gasteiger partial charge < -0.3 is 9.47 Å². The molecule has 0 atom stereocenters. The van der Waals surface area contributed by atoms with Crippen LogP contribution in [0.5, 0.6) is 5.75 Å². The lowest BCUT2D eigenvalue weighted by molar-refractivity contribution is 0.0599. The van der Waals surface area contributed by atoms with Crippen molar-refractivity contribution in [3.63, 3.8) is 0 Å². The highest BCUT2D eigenvalue weighted by Crippen LogP contribution is 2.33. The van der Waals surface area contributed by atoms with Crippen molar-refractivity contribution in [2.75, 3.05) is 14.1 Å². The lowest BCUT2D eigenvalue weighted by Crippen LogP contribution is -2.06. The van der Waals surface area contributed by atoms with Gasteiger partial charge in [0.05, 0.1) is 28.3 Å². The van der Waals surface area contributed by atoms with E-state index in [0.717, 1.165) is 0 Å². The van der Waals surface area contributed by atoms with E-state index in [1.165, 1.54) is 7.11 Å². The average molecular weight is 341 g/mol. The van der Waals surface area contributed by atoms with Crippen molar-refractivity contribution in [2.24, 2.45) is 0 Å². The Balaban J connectivity index is 3.35. The molecule has 0 aliphatic heterocycles. The normalized spacial score (nSPS) is 13.7. The SMILES string of the molecule is [2H]C([2H])([2H])Oc1c(Br)ccc(C(=O)OC)c1CBr. The fourth-order valence-corrected chi connectivity index (χ4v) is 2.15. The number of halogens is 2. The smallest absolute Gasteiger partial charge is 0.338 e. The van der Waals surface area contributed by atoms with Crippen LogP contribution in [-0.2, 0) is 10.1 Å². The standard InChI is InChI=1S/C10H10Br2O3/c1-14-9-7(5-11)6(10(13)15-2)3-4-8(9)12/h3-4H,5H2,1-2H3/i1D3. The van der Waals surface area contributed by atoms with Crippen LogP contribution >= 0.6 is 31.9 Å². The van der Waals surface area contributed by atoms with Crippen molar-refractivity contribution in [3.8, 4) is 5.75 Å². The van der Waals surface area contributed by atoms with Gasteiger partial charge in [0.2, 0.25) is 0 Å². The molecule has 0 aliphatic rings. The van der Waals surface area contributed by atoms with E-state index in [2.05, 4.69) is 36.6 Å². The zero-order valence-corrected chi connectivity index (χ0v) is 11.0. The molecule has 0 N–H and O–H groups in total. The Morgan fingerprint density at radius 3 is 2.87 bits per heavy atom. The molecule has 0 unspecified atom stereocenters. The first-order chi connectivity index (χ1) is 8.30. The predicted molar refractivity (Wildman–Crippen MR) is 64.7 cm³/mol. The van der Waals surface area contributed by atoms with Gasteiger partial charge in [0.25, 0.3) is 0 Å². The zero-order valence-electron chi connectivity index (χ0n) is 10.8. The van der Waals surface area contributed by atoms with Crippen molar-refractivity contribution in [1.82, 2.24) is 0 Å². The summed E-state index contributed by atoms with van der Waals surface area (Å²) in [6.07, 6.45) is 0. The Hall–Kier alpha value is -0.550. The molecule has 15 heavy (non-hydrogen) atoms. The van der Waals surface area contributed by atoms with Gasteiger partial charge >= 0.3 is 5.97 Å². The highest BCUT2D eigenvalue weighted by molar-refractivity contribution is 9.10. The van der Waals surface area contributed by atoms with Gasteiger partial charge in [-0.25, -0.2) is 4.79 Å². The Morgan fingerprint density at radius 2 is 2.33 bits per heavy atom. The third-order valence-corrected chi connectivity index (χ3v) is 3.04. The number of rotatable bonds is 3. The van der Waals surface area contributed by atoms with Crippen molar-refractivity contribution in [1.29, 1.82) is 0 Å². The van der Waals surface area contributed by atoms with Gasteiger partial charge in [-0.1, -0.05) is 15.9 Å². The first-order valence-electron chi connectivity index (χ1n) is 5.45. The fourth-order valence-electron chi connectivity index (χ4n) is 1.14. The van der Waals surface area contributed by atoms with Gasteiger partial charge in [-0.3, -0.25) is 0 Å². The number of hydrogen-bond donors (Lipinski definition) is 0. The molecule has 0 fully saturated rings. The molecule has 0 heterocycles. The Morgan fingerprint density at radius 1 is 1.60 bits per heavy atom. The molecule has 3 nitrogen and oxygen atoms in total. The van der Waals surface area contributed by atoms with Crippen molar-refractivity contribution in [2.45, 2.75) is 5.33 Å². The summed E-state index contributed by atoms with van der Waals surface area (Å²) >= 11 is 6.40. The highest BCUT2D eigenvalue weighted by atomic mass is 79.9. The summed E-state index contributed by atoms with van der Waals surface area (Å²) in [7, 11) is -1.33. The summed E-state index contributed by atoms with van der Waals surface area (Å²) in [5, 5.41) is 0.266. The van der Waals surface area contributed by atoms with E-state index in [1.807, 2.05) is 0 Å². The number of carbonyl (C=O) groups is 1. The molecular formula is C10H10Br2O3. The summed E-state index contributed by atoms with van der Waals surface area (Å²) in [4.78, 5) is 11.6. The van der Waals surface area contributed by atoms with Gasteiger partial charge in [0.1, 0.15) is 5.75 Å². The monoisotopic (exact) mass is 339 g/mol. The van der Waals surface area contributed by atoms with Gasteiger partial charge in [-0.05, 0) is 28.1 Å². The summed E-state index contributed by atoms with van der Waals surface area (Å²) in [5.74, 6) is -0.442. The van der Waals surface area contributed by atoms with Crippen molar-refractivity contribution < 1.29 is 18.4 Å². The third-order valence-electron chi connectivity index (χ3n) is 1.85. The van der Waals surface area contributed by atoms with E-state index in [1.54, 1.807) is 12.1 Å². The molecule has 0 aliphatic carbocycles. The minimum atomic E-state index is -2.59. The van der Waals surface area contributed by atoms with Gasteiger partial charge in [0, 0.05) is 10.9 Å². The second-order valence-corrected chi connectivity index (χ2v) is 4.04. The fraction of sp³-hybridized carbons (Fsp3) is 0.300. The molecule has 0 radical (unpaired) electrons. The summed E-state index contributed by atoms with van der Waals surface area (Å²) in [6.45, 7) is 0. The highest BCUT2D eigenvalue weighted by Gasteiger charge is 2.17. The molecule has 0 amide bonds. The van der Waals surface area contributed by atoms with Crippen LogP contribution in [0.1, 0.15) is 20.0 Å². The number of carbonyl (C=O) groups excluding carboxylic acids is 1. The van der Waals surface area contributed by atoms with E-state index in [9.17, 15) is 4.79 Å². The Kier molecular flexibility index (Phi) is 3.15. The number of methoxy groups -OCH3 is 2. The topological polar surface area (TPSA) is 35.5 Å². The van der Waals surface area contributed by atoms with E-state index < -0.39 is 13.0 Å². The van der Waals surface area contributed by atoms with Crippen LogP contribution in [0.2, 0.25) is 0 Å². The molecule has 1 aromatic carbocycles. The maximum Gasteiger partial charge on any atom is 0.338 e. The van der Waals surface area contributed by atoms with E-state index in [4.69, 9.17) is 8.85 Å². The van der Waals surface area contributed by atoms with E-state index >= 15 is 0 Å². The number of esters is 1. The van der Waals surface area contributed by atoms with Crippen LogP contribution < -0.4 is 4.74 Å². The van der Waals surface area contributed by atoms with Crippen molar-refractivity contribution in [3.05, 3.63) is 27.7 Å². The molecule has 1 aromatic rings. The third kappa shape index (κ3) is 2.52. The van der Waals surface area contributed by atoms with E-state index in [0.29, 0.717) is 10.0 Å². The minimum absolute atomic E-state index is 0.106. The number of ether oxygens (including phenoxy) is 2. The lowest BCUT2D eigenvalue weighted by Gasteiger charge is -2.12. The molecule has 0 aromatic heterocycles. The minimum Gasteiger partial charge on any atom is -0.495 e. The summed E-state index contributed by atoms with van der Waals surface area (Å²) < 4.78 is 31.4. The van der Waals surface area contributed by atoms with Gasteiger partial charge in [0.15, 0.2) is 0 Å². The van der Waals surface area contributed by atoms with Crippen LogP contribution in [0.3, 0.4) is 0 Å². The molecule has 0 spiro atoms. The Bertz CT molecular complexity index is 460. The molecule has 5 heteroatoms. The van der Waals surface area contributed by atoms with Crippen LogP contribution in [0.4, 0.5) is 0 Å². The number of benzene rings is 1. The van der Waals surface area contributed by atoms with Crippen molar-refractivity contribution >= 4 is 37.8 Å². The largest absolute Gasteiger partial charge is 0.495 e. The van der Waals surface area contributed by atoms with Crippen LogP contribution in [0.25, 0.3) is 0 Å².